The predicted octanol–water partition coefficient (Wildman–Crippen LogP) is 4.27. The van der Waals surface area contributed by atoms with Gasteiger partial charge in [0.25, 0.3) is 5.91 Å². The summed E-state index contributed by atoms with van der Waals surface area (Å²) in [4.78, 5) is 21.5. The van der Waals surface area contributed by atoms with Gasteiger partial charge in [-0.3, -0.25) is 4.79 Å². The molecule has 0 radical (unpaired) electrons. The lowest BCUT2D eigenvalue weighted by atomic mass is 9.96. The zero-order valence-corrected chi connectivity index (χ0v) is 17.9. The summed E-state index contributed by atoms with van der Waals surface area (Å²) in [5.74, 6) is 0.724. The van der Waals surface area contributed by atoms with Crippen molar-refractivity contribution < 1.29 is 4.79 Å². The number of piperidine rings is 1. The van der Waals surface area contributed by atoms with E-state index in [-0.39, 0.29) is 5.91 Å². The van der Waals surface area contributed by atoms with Crippen LogP contribution in [0.25, 0.3) is 11.0 Å². The molecule has 0 bridgehead atoms. The highest BCUT2D eigenvalue weighted by molar-refractivity contribution is 5.94. The molecular formula is C24H30N4O. The van der Waals surface area contributed by atoms with Crippen LogP contribution in [-0.2, 0) is 6.54 Å². The maximum Gasteiger partial charge on any atom is 0.253 e. The van der Waals surface area contributed by atoms with Gasteiger partial charge in [0, 0.05) is 45.0 Å². The van der Waals surface area contributed by atoms with Crippen molar-refractivity contribution in [1.29, 1.82) is 0 Å². The van der Waals surface area contributed by atoms with Crippen molar-refractivity contribution in [1.82, 2.24) is 14.5 Å². The number of amides is 1. The van der Waals surface area contributed by atoms with Crippen molar-refractivity contribution in [3.63, 3.8) is 0 Å². The van der Waals surface area contributed by atoms with E-state index in [1.807, 2.05) is 54.5 Å². The summed E-state index contributed by atoms with van der Waals surface area (Å²) in [7, 11) is 4.01. The number of aryl methyl sites for hydroxylation is 2. The first-order chi connectivity index (χ1) is 13.9. The molecule has 2 aromatic carbocycles. The molecule has 1 aliphatic heterocycles. The average Bonchev–Trinajstić information content (AvgIpc) is 3.10. The Morgan fingerprint density at radius 2 is 1.72 bits per heavy atom. The van der Waals surface area contributed by atoms with E-state index in [1.165, 1.54) is 16.6 Å². The molecule has 3 aromatic rings. The molecule has 0 aliphatic carbocycles. The van der Waals surface area contributed by atoms with E-state index in [1.54, 1.807) is 0 Å². The SMILES string of the molecule is Cc1cc2ncn(CC3CCN(C(=O)c4ccc(N(C)C)cc4)CC3)c2cc1C. The topological polar surface area (TPSA) is 41.4 Å². The summed E-state index contributed by atoms with van der Waals surface area (Å²) in [6.45, 7) is 6.90. The van der Waals surface area contributed by atoms with Gasteiger partial charge < -0.3 is 14.4 Å². The van der Waals surface area contributed by atoms with Crippen LogP contribution in [0.1, 0.15) is 34.3 Å². The molecule has 0 saturated carbocycles. The van der Waals surface area contributed by atoms with Crippen molar-refractivity contribution in [2.45, 2.75) is 33.2 Å². The quantitative estimate of drug-likeness (QED) is 0.668. The second-order valence-corrected chi connectivity index (χ2v) is 8.50. The Bertz CT molecular complexity index is 1010. The van der Waals surface area contributed by atoms with E-state index in [4.69, 9.17) is 0 Å². The Labute approximate surface area is 172 Å². The monoisotopic (exact) mass is 390 g/mol. The molecule has 5 heteroatoms. The van der Waals surface area contributed by atoms with Gasteiger partial charge in [0.15, 0.2) is 0 Å². The molecular weight excluding hydrogens is 360 g/mol. The smallest absolute Gasteiger partial charge is 0.253 e. The molecule has 29 heavy (non-hydrogen) atoms. The van der Waals surface area contributed by atoms with Crippen LogP contribution in [0.3, 0.4) is 0 Å². The van der Waals surface area contributed by atoms with Gasteiger partial charge in [-0.25, -0.2) is 4.98 Å². The average molecular weight is 391 g/mol. The number of hydrogen-bond acceptors (Lipinski definition) is 3. The van der Waals surface area contributed by atoms with E-state index < -0.39 is 0 Å². The van der Waals surface area contributed by atoms with Crippen molar-refractivity contribution in [2.75, 3.05) is 32.1 Å². The number of likely N-dealkylation sites (tertiary alicyclic amines) is 1. The summed E-state index contributed by atoms with van der Waals surface area (Å²) in [6, 6.07) is 12.3. The molecule has 0 N–H and O–H groups in total. The van der Waals surface area contributed by atoms with Gasteiger partial charge >= 0.3 is 0 Å². The zero-order chi connectivity index (χ0) is 20.5. The van der Waals surface area contributed by atoms with Crippen LogP contribution in [0.2, 0.25) is 0 Å². The Hall–Kier alpha value is -2.82. The predicted molar refractivity (Wildman–Crippen MR) is 119 cm³/mol. The van der Waals surface area contributed by atoms with Crippen LogP contribution in [-0.4, -0.2) is 47.5 Å². The summed E-state index contributed by atoms with van der Waals surface area (Å²) < 4.78 is 2.28. The Morgan fingerprint density at radius 1 is 1.07 bits per heavy atom. The number of fused-ring (bicyclic) bond motifs is 1. The number of carbonyl (C=O) groups excluding carboxylic acids is 1. The molecule has 5 nitrogen and oxygen atoms in total. The van der Waals surface area contributed by atoms with Crippen molar-refractivity contribution >= 4 is 22.6 Å². The number of benzene rings is 2. The van der Waals surface area contributed by atoms with Gasteiger partial charge in [-0.15, -0.1) is 0 Å². The summed E-state index contributed by atoms with van der Waals surface area (Å²) in [5, 5.41) is 0. The normalized spacial score (nSPS) is 15.1. The molecule has 0 spiro atoms. The Kier molecular flexibility index (Phi) is 5.31. The van der Waals surface area contributed by atoms with E-state index >= 15 is 0 Å². The number of anilines is 1. The third-order valence-electron chi connectivity index (χ3n) is 6.22. The summed E-state index contributed by atoms with van der Waals surface area (Å²) in [6.07, 6.45) is 4.03. The number of imidazole rings is 1. The number of nitrogens with zero attached hydrogens (tertiary/aromatic N) is 4. The standard InChI is InChI=1S/C24H30N4O/c1-17-13-22-23(14-18(17)2)28(16-25-22)15-19-9-11-27(12-10-19)24(29)20-5-7-21(8-6-20)26(3)4/h5-8,13-14,16,19H,9-12,15H2,1-4H3. The second kappa shape index (κ2) is 7.90. The van der Waals surface area contributed by atoms with Gasteiger partial charge in [-0.1, -0.05) is 0 Å². The first-order valence-electron chi connectivity index (χ1n) is 10.4. The maximum absolute atomic E-state index is 12.8. The van der Waals surface area contributed by atoms with Gasteiger partial charge in [0.2, 0.25) is 0 Å². The number of carbonyl (C=O) groups is 1. The van der Waals surface area contributed by atoms with Gasteiger partial charge in [0.05, 0.1) is 17.4 Å². The largest absolute Gasteiger partial charge is 0.378 e. The third-order valence-corrected chi connectivity index (χ3v) is 6.22. The molecule has 1 aliphatic rings. The molecule has 0 atom stereocenters. The van der Waals surface area contributed by atoms with Crippen LogP contribution in [0.4, 0.5) is 5.69 Å². The first-order valence-corrected chi connectivity index (χ1v) is 10.4. The lowest BCUT2D eigenvalue weighted by Crippen LogP contribution is -2.39. The van der Waals surface area contributed by atoms with E-state index in [0.29, 0.717) is 5.92 Å². The minimum Gasteiger partial charge on any atom is -0.378 e. The highest BCUT2D eigenvalue weighted by atomic mass is 16.2. The second-order valence-electron chi connectivity index (χ2n) is 8.50. The highest BCUT2D eigenvalue weighted by Crippen LogP contribution is 2.24. The Balaban J connectivity index is 1.38. The van der Waals surface area contributed by atoms with E-state index in [2.05, 4.69) is 35.5 Å². The lowest BCUT2D eigenvalue weighted by molar-refractivity contribution is 0.0683. The molecule has 1 amide bonds. The van der Waals surface area contributed by atoms with Gasteiger partial charge in [-0.2, -0.15) is 0 Å². The summed E-state index contributed by atoms with van der Waals surface area (Å²) >= 11 is 0. The number of hydrogen-bond donors (Lipinski definition) is 0. The van der Waals surface area contributed by atoms with Gasteiger partial charge in [0.1, 0.15) is 0 Å². The molecule has 1 saturated heterocycles. The number of rotatable bonds is 4. The fourth-order valence-electron chi connectivity index (χ4n) is 4.14. The Morgan fingerprint density at radius 3 is 2.38 bits per heavy atom. The van der Waals surface area contributed by atoms with E-state index in [9.17, 15) is 4.79 Å². The molecule has 1 aromatic heterocycles. The van der Waals surface area contributed by atoms with Crippen LogP contribution in [0.15, 0.2) is 42.7 Å². The minimum absolute atomic E-state index is 0.146. The first kappa shape index (κ1) is 19.5. The van der Waals surface area contributed by atoms with Crippen molar-refractivity contribution in [3.05, 3.63) is 59.4 Å². The van der Waals surface area contributed by atoms with Crippen LogP contribution < -0.4 is 4.90 Å². The molecule has 2 heterocycles. The molecule has 152 valence electrons. The maximum atomic E-state index is 12.8. The molecule has 1 fully saturated rings. The minimum atomic E-state index is 0.146. The van der Waals surface area contributed by atoms with Crippen LogP contribution in [0.5, 0.6) is 0 Å². The number of aromatic nitrogens is 2. The van der Waals surface area contributed by atoms with Gasteiger partial charge in [-0.05, 0) is 80.1 Å². The summed E-state index contributed by atoms with van der Waals surface area (Å²) in [5.41, 5.74) is 6.77. The van der Waals surface area contributed by atoms with Crippen molar-refractivity contribution in [3.8, 4) is 0 Å². The van der Waals surface area contributed by atoms with Crippen LogP contribution in [0, 0.1) is 19.8 Å². The highest BCUT2D eigenvalue weighted by Gasteiger charge is 2.24. The van der Waals surface area contributed by atoms with E-state index in [0.717, 1.165) is 49.2 Å². The lowest BCUT2D eigenvalue weighted by Gasteiger charge is -2.32. The fourth-order valence-corrected chi connectivity index (χ4v) is 4.14. The fraction of sp³-hybridized carbons (Fsp3) is 0.417. The third kappa shape index (κ3) is 4.00. The van der Waals surface area contributed by atoms with Crippen LogP contribution >= 0.6 is 0 Å². The molecule has 4 rings (SSSR count). The van der Waals surface area contributed by atoms with Crippen molar-refractivity contribution in [2.24, 2.45) is 5.92 Å². The molecule has 0 unspecified atom stereocenters. The zero-order valence-electron chi connectivity index (χ0n) is 17.9.